The largest absolute Gasteiger partial charge is 0.480 e. The van der Waals surface area contributed by atoms with E-state index in [1.54, 1.807) is 0 Å². The maximum Gasteiger partial charge on any atom is 0.416 e. The van der Waals surface area contributed by atoms with Gasteiger partial charge in [-0.1, -0.05) is 11.6 Å². The number of pyridine rings is 1. The summed E-state index contributed by atoms with van der Waals surface area (Å²) in [5, 5.41) is 10.2. The molecular weight excluding hydrogens is 249 g/mol. The van der Waals surface area contributed by atoms with Crippen molar-refractivity contribution >= 4 is 23.4 Å². The van der Waals surface area contributed by atoms with Gasteiger partial charge in [0.2, 0.25) is 0 Å². The van der Waals surface area contributed by atoms with Crippen LogP contribution in [0.4, 0.5) is 19.0 Å². The Hall–Kier alpha value is -1.50. The third kappa shape index (κ3) is 3.58. The molecule has 0 aliphatic rings. The normalized spacial score (nSPS) is 11.2. The fraction of sp³-hybridized carbons (Fsp3) is 0.250. The average Bonchev–Trinajstić information content (AvgIpc) is 2.12. The topological polar surface area (TPSA) is 62.2 Å². The predicted octanol–water partition coefficient (Wildman–Crippen LogP) is 2.25. The number of carboxylic acids is 1. The average molecular weight is 255 g/mol. The SMILES string of the molecule is O=C(O)CNc1cc(C(F)(F)F)cc(Cl)n1. The number of nitrogens with one attached hydrogen (secondary N) is 1. The first kappa shape index (κ1) is 12.6. The van der Waals surface area contributed by atoms with E-state index in [4.69, 9.17) is 16.7 Å². The quantitative estimate of drug-likeness (QED) is 0.812. The van der Waals surface area contributed by atoms with Crippen LogP contribution in [-0.4, -0.2) is 22.6 Å². The van der Waals surface area contributed by atoms with Crippen molar-refractivity contribution in [2.24, 2.45) is 0 Å². The molecule has 4 nitrogen and oxygen atoms in total. The smallest absolute Gasteiger partial charge is 0.416 e. The maximum atomic E-state index is 12.3. The Balaban J connectivity index is 2.94. The molecule has 1 aromatic heterocycles. The Morgan fingerprint density at radius 3 is 2.62 bits per heavy atom. The second-order valence-corrected chi connectivity index (χ2v) is 3.20. The lowest BCUT2D eigenvalue weighted by Crippen LogP contribution is -2.14. The number of hydrogen-bond acceptors (Lipinski definition) is 3. The molecule has 0 unspecified atom stereocenters. The van der Waals surface area contributed by atoms with Crippen LogP contribution in [0.3, 0.4) is 0 Å². The van der Waals surface area contributed by atoms with Gasteiger partial charge >= 0.3 is 12.1 Å². The molecule has 0 radical (unpaired) electrons. The van der Waals surface area contributed by atoms with Crippen molar-refractivity contribution in [1.82, 2.24) is 4.98 Å². The highest BCUT2D eigenvalue weighted by Crippen LogP contribution is 2.31. The predicted molar refractivity (Wildman–Crippen MR) is 50.4 cm³/mol. The lowest BCUT2D eigenvalue weighted by atomic mass is 10.2. The third-order valence-corrected chi connectivity index (χ3v) is 1.74. The van der Waals surface area contributed by atoms with Crippen LogP contribution in [0, 0.1) is 0 Å². The minimum Gasteiger partial charge on any atom is -0.480 e. The number of aliphatic carboxylic acids is 1. The number of anilines is 1. The lowest BCUT2D eigenvalue weighted by Gasteiger charge is -2.09. The summed E-state index contributed by atoms with van der Waals surface area (Å²) in [4.78, 5) is 13.7. The maximum absolute atomic E-state index is 12.3. The van der Waals surface area contributed by atoms with Gasteiger partial charge in [0.25, 0.3) is 0 Å². The Morgan fingerprint density at radius 2 is 2.12 bits per heavy atom. The molecule has 0 saturated carbocycles. The van der Waals surface area contributed by atoms with E-state index in [1.165, 1.54) is 0 Å². The molecule has 0 aliphatic carbocycles. The van der Waals surface area contributed by atoms with Crippen LogP contribution in [0.15, 0.2) is 12.1 Å². The molecule has 0 atom stereocenters. The molecule has 1 heterocycles. The summed E-state index contributed by atoms with van der Waals surface area (Å²) < 4.78 is 36.9. The van der Waals surface area contributed by atoms with Crippen molar-refractivity contribution in [2.45, 2.75) is 6.18 Å². The van der Waals surface area contributed by atoms with Gasteiger partial charge in [-0.2, -0.15) is 13.2 Å². The van der Waals surface area contributed by atoms with E-state index in [-0.39, 0.29) is 11.0 Å². The molecule has 0 spiro atoms. The molecule has 2 N–H and O–H groups in total. The Kier molecular flexibility index (Phi) is 3.58. The highest BCUT2D eigenvalue weighted by atomic mass is 35.5. The summed E-state index contributed by atoms with van der Waals surface area (Å²) in [6.07, 6.45) is -4.55. The monoisotopic (exact) mass is 254 g/mol. The zero-order chi connectivity index (χ0) is 12.3. The Bertz CT molecular complexity index is 409. The van der Waals surface area contributed by atoms with Crippen molar-refractivity contribution in [3.8, 4) is 0 Å². The first-order chi connectivity index (χ1) is 7.29. The standard InChI is InChI=1S/C8H6ClF3N2O2/c9-5-1-4(8(10,11)12)2-6(14-5)13-3-7(15)16/h1-2H,3H2,(H,13,14)(H,15,16). The Morgan fingerprint density at radius 1 is 1.50 bits per heavy atom. The molecule has 0 bridgehead atoms. The van der Waals surface area contributed by atoms with Gasteiger partial charge in [0.1, 0.15) is 17.5 Å². The van der Waals surface area contributed by atoms with Gasteiger partial charge in [0.05, 0.1) is 5.56 Å². The van der Waals surface area contributed by atoms with E-state index in [0.29, 0.717) is 12.1 Å². The fourth-order valence-electron chi connectivity index (χ4n) is 0.917. The number of hydrogen-bond donors (Lipinski definition) is 2. The van der Waals surface area contributed by atoms with Crippen LogP contribution >= 0.6 is 11.6 Å². The molecule has 0 aliphatic heterocycles. The van der Waals surface area contributed by atoms with Gasteiger partial charge in [-0.3, -0.25) is 4.79 Å². The van der Waals surface area contributed by atoms with Crippen LogP contribution in [0.1, 0.15) is 5.56 Å². The molecule has 0 fully saturated rings. The highest BCUT2D eigenvalue weighted by molar-refractivity contribution is 6.29. The molecule has 1 rings (SSSR count). The molecule has 0 saturated heterocycles. The fourth-order valence-corrected chi connectivity index (χ4v) is 1.13. The minimum atomic E-state index is -4.55. The molecule has 0 aromatic carbocycles. The Labute approximate surface area is 93.1 Å². The zero-order valence-electron chi connectivity index (χ0n) is 7.68. The van der Waals surface area contributed by atoms with Gasteiger partial charge in [-0.25, -0.2) is 4.98 Å². The van der Waals surface area contributed by atoms with Gasteiger partial charge in [0.15, 0.2) is 0 Å². The first-order valence-electron chi connectivity index (χ1n) is 3.99. The van der Waals surface area contributed by atoms with E-state index < -0.39 is 24.3 Å². The lowest BCUT2D eigenvalue weighted by molar-refractivity contribution is -0.137. The van der Waals surface area contributed by atoms with E-state index in [2.05, 4.69) is 10.3 Å². The van der Waals surface area contributed by atoms with Crippen molar-refractivity contribution < 1.29 is 23.1 Å². The zero-order valence-corrected chi connectivity index (χ0v) is 8.43. The molecule has 8 heteroatoms. The van der Waals surface area contributed by atoms with Gasteiger partial charge in [0, 0.05) is 0 Å². The number of alkyl halides is 3. The highest BCUT2D eigenvalue weighted by Gasteiger charge is 2.31. The molecule has 16 heavy (non-hydrogen) atoms. The van der Waals surface area contributed by atoms with E-state index in [1.807, 2.05) is 0 Å². The van der Waals surface area contributed by atoms with Crippen molar-refractivity contribution in [3.63, 3.8) is 0 Å². The summed E-state index contributed by atoms with van der Waals surface area (Å²) in [5.74, 6) is -1.45. The summed E-state index contributed by atoms with van der Waals surface area (Å²) in [6.45, 7) is -0.537. The van der Waals surface area contributed by atoms with E-state index in [0.717, 1.165) is 0 Å². The van der Waals surface area contributed by atoms with E-state index >= 15 is 0 Å². The number of carboxylic acid groups (broad SMARTS) is 1. The van der Waals surface area contributed by atoms with Crippen molar-refractivity contribution in [3.05, 3.63) is 22.8 Å². The third-order valence-electron chi connectivity index (χ3n) is 1.54. The molecular formula is C8H6ClF3N2O2. The second kappa shape index (κ2) is 4.56. The summed E-state index contributed by atoms with van der Waals surface area (Å²) >= 11 is 5.37. The summed E-state index contributed by atoms with van der Waals surface area (Å²) in [5.41, 5.74) is -0.986. The van der Waals surface area contributed by atoms with Crippen molar-refractivity contribution in [1.29, 1.82) is 0 Å². The summed E-state index contributed by atoms with van der Waals surface area (Å²) in [6, 6.07) is 1.35. The summed E-state index contributed by atoms with van der Waals surface area (Å²) in [7, 11) is 0. The molecule has 0 amide bonds. The van der Waals surface area contributed by atoms with Crippen LogP contribution in [-0.2, 0) is 11.0 Å². The van der Waals surface area contributed by atoms with Crippen LogP contribution in [0.25, 0.3) is 0 Å². The number of carbonyl (C=O) groups is 1. The van der Waals surface area contributed by atoms with Gasteiger partial charge < -0.3 is 10.4 Å². The van der Waals surface area contributed by atoms with Gasteiger partial charge in [-0.05, 0) is 12.1 Å². The first-order valence-corrected chi connectivity index (χ1v) is 4.37. The van der Waals surface area contributed by atoms with Gasteiger partial charge in [-0.15, -0.1) is 0 Å². The minimum absolute atomic E-state index is 0.234. The number of halogens is 4. The number of aromatic nitrogens is 1. The number of nitrogens with zero attached hydrogens (tertiary/aromatic N) is 1. The van der Waals surface area contributed by atoms with Crippen LogP contribution < -0.4 is 5.32 Å². The van der Waals surface area contributed by atoms with Crippen LogP contribution in [0.2, 0.25) is 5.15 Å². The van der Waals surface area contributed by atoms with E-state index in [9.17, 15) is 18.0 Å². The molecule has 1 aromatic rings. The van der Waals surface area contributed by atoms with Crippen LogP contribution in [0.5, 0.6) is 0 Å². The van der Waals surface area contributed by atoms with Crippen molar-refractivity contribution in [2.75, 3.05) is 11.9 Å². The number of rotatable bonds is 3. The molecule has 88 valence electrons. The second-order valence-electron chi connectivity index (χ2n) is 2.81.